The van der Waals surface area contributed by atoms with Gasteiger partial charge in [0.2, 0.25) is 11.8 Å². The summed E-state index contributed by atoms with van der Waals surface area (Å²) in [6.45, 7) is 1.08. The van der Waals surface area contributed by atoms with Crippen LogP contribution in [-0.4, -0.2) is 56.5 Å². The Morgan fingerprint density at radius 3 is 2.35 bits per heavy atom. The van der Waals surface area contributed by atoms with Crippen LogP contribution in [0.3, 0.4) is 0 Å². The first kappa shape index (κ1) is 16.9. The van der Waals surface area contributed by atoms with Crippen LogP contribution >= 0.6 is 0 Å². The maximum absolute atomic E-state index is 11.9. The summed E-state index contributed by atoms with van der Waals surface area (Å²) in [6, 6.07) is -0.783. The van der Waals surface area contributed by atoms with E-state index in [4.69, 9.17) is 0 Å². The highest BCUT2D eigenvalue weighted by molar-refractivity contribution is 7.88. The molecule has 1 fully saturated rings. The minimum Gasteiger partial charge on any atom is -0.391 e. The highest BCUT2D eigenvalue weighted by Crippen LogP contribution is 2.26. The summed E-state index contributed by atoms with van der Waals surface area (Å²) in [6.07, 6.45) is 0.176. The highest BCUT2D eigenvalue weighted by atomic mass is 32.2. The number of aliphatic hydroxyl groups excluding tert-OH is 1. The summed E-state index contributed by atoms with van der Waals surface area (Å²) >= 11 is 0. The lowest BCUT2D eigenvalue weighted by molar-refractivity contribution is -0.135. The second-order valence-corrected chi connectivity index (χ2v) is 6.64. The third-order valence-electron chi connectivity index (χ3n) is 3.19. The zero-order valence-electron chi connectivity index (χ0n) is 11.8. The molecule has 0 aromatic carbocycles. The Morgan fingerprint density at radius 2 is 1.85 bits per heavy atom. The van der Waals surface area contributed by atoms with Crippen molar-refractivity contribution in [2.45, 2.75) is 38.3 Å². The van der Waals surface area contributed by atoms with E-state index in [0.717, 1.165) is 6.92 Å². The number of amides is 2. The quantitative estimate of drug-likeness (QED) is 0.589. The topological polar surface area (TPSA) is 116 Å². The lowest BCUT2D eigenvalue weighted by Crippen LogP contribution is -2.52. The summed E-state index contributed by atoms with van der Waals surface area (Å²) in [5.41, 5.74) is 0. The van der Waals surface area contributed by atoms with Gasteiger partial charge < -0.3 is 10.0 Å². The molecule has 1 rings (SSSR count). The molecule has 1 aliphatic carbocycles. The number of carbonyl (C=O) groups is 2. The van der Waals surface area contributed by atoms with Gasteiger partial charge in [0.05, 0.1) is 12.1 Å². The first-order chi connectivity index (χ1) is 9.12. The summed E-state index contributed by atoms with van der Waals surface area (Å²) in [5.74, 6) is -1.15. The molecule has 0 heterocycles. The third-order valence-corrected chi connectivity index (χ3v) is 4.36. The number of nitrogens with zero attached hydrogens (tertiary/aromatic N) is 1. The van der Waals surface area contributed by atoms with Gasteiger partial charge in [-0.3, -0.25) is 9.59 Å². The Bertz CT molecular complexity index is 476. The molecular formula is C11H21N3O5S. The summed E-state index contributed by atoms with van der Waals surface area (Å²) in [5, 5.41) is 9.84. The molecule has 0 unspecified atom stereocenters. The van der Waals surface area contributed by atoms with Gasteiger partial charge >= 0.3 is 10.2 Å². The van der Waals surface area contributed by atoms with Gasteiger partial charge in [-0.25, -0.2) is 4.72 Å². The zero-order valence-corrected chi connectivity index (χ0v) is 12.6. The molecule has 3 N–H and O–H groups in total. The molecule has 0 bridgehead atoms. The standard InChI is InChI=1S/C11H21N3O5S/c1-7(15)12-20(18,19)13-9-6-8(4-5-10(9)16)11(17)14(2)3/h8-10,13,16H,4-6H2,1-3H3,(H,12,15)/t8-,9+,10+/m0/s1. The van der Waals surface area contributed by atoms with E-state index < -0.39 is 28.3 Å². The molecule has 9 heteroatoms. The van der Waals surface area contributed by atoms with E-state index in [9.17, 15) is 23.1 Å². The van der Waals surface area contributed by atoms with Crippen molar-refractivity contribution in [3.8, 4) is 0 Å². The fourth-order valence-corrected chi connectivity index (χ4v) is 3.38. The lowest BCUT2D eigenvalue weighted by atomic mass is 9.83. The van der Waals surface area contributed by atoms with Crippen LogP contribution in [0, 0.1) is 5.92 Å². The van der Waals surface area contributed by atoms with Gasteiger partial charge in [-0.1, -0.05) is 0 Å². The van der Waals surface area contributed by atoms with Crippen LogP contribution in [0.25, 0.3) is 0 Å². The van der Waals surface area contributed by atoms with Gasteiger partial charge in [0.15, 0.2) is 0 Å². The first-order valence-corrected chi connectivity index (χ1v) is 7.80. The normalized spacial score (nSPS) is 26.9. The smallest absolute Gasteiger partial charge is 0.301 e. The largest absolute Gasteiger partial charge is 0.391 e. The van der Waals surface area contributed by atoms with Crippen LogP contribution in [0.2, 0.25) is 0 Å². The molecule has 1 aliphatic rings. The predicted molar refractivity (Wildman–Crippen MR) is 71.7 cm³/mol. The third kappa shape index (κ3) is 4.73. The molecule has 3 atom stereocenters. The van der Waals surface area contributed by atoms with Crippen molar-refractivity contribution in [2.24, 2.45) is 5.92 Å². The highest BCUT2D eigenvalue weighted by Gasteiger charge is 2.35. The van der Waals surface area contributed by atoms with Crippen LogP contribution in [0.15, 0.2) is 0 Å². The van der Waals surface area contributed by atoms with Crippen LogP contribution < -0.4 is 9.44 Å². The number of carbonyl (C=O) groups excluding carboxylic acids is 2. The molecule has 116 valence electrons. The van der Waals surface area contributed by atoms with Crippen molar-refractivity contribution in [1.82, 2.24) is 14.3 Å². The van der Waals surface area contributed by atoms with Gasteiger partial charge in [0.25, 0.3) is 0 Å². The Labute approximate surface area is 118 Å². The maximum atomic E-state index is 11.9. The predicted octanol–water partition coefficient (Wildman–Crippen LogP) is -1.43. The fourth-order valence-electron chi connectivity index (χ4n) is 2.29. The van der Waals surface area contributed by atoms with Gasteiger partial charge in [-0.05, 0) is 19.3 Å². The number of aliphatic hydroxyl groups is 1. The van der Waals surface area contributed by atoms with E-state index in [0.29, 0.717) is 12.8 Å². The van der Waals surface area contributed by atoms with Gasteiger partial charge in [0.1, 0.15) is 0 Å². The summed E-state index contributed by atoms with van der Waals surface area (Å²) in [7, 11) is -0.760. The van der Waals surface area contributed by atoms with E-state index in [2.05, 4.69) is 4.72 Å². The Kier molecular flexibility index (Phi) is 5.49. The van der Waals surface area contributed by atoms with Crippen LogP contribution in [-0.2, 0) is 19.8 Å². The number of rotatable bonds is 4. The fraction of sp³-hybridized carbons (Fsp3) is 0.818. The second-order valence-electron chi connectivity index (χ2n) is 5.20. The zero-order chi connectivity index (χ0) is 15.5. The number of hydrogen-bond acceptors (Lipinski definition) is 5. The summed E-state index contributed by atoms with van der Waals surface area (Å²) in [4.78, 5) is 24.1. The molecule has 0 aliphatic heterocycles. The van der Waals surface area contributed by atoms with Crippen molar-refractivity contribution in [3.63, 3.8) is 0 Å². The van der Waals surface area contributed by atoms with Crippen LogP contribution in [0.1, 0.15) is 26.2 Å². The van der Waals surface area contributed by atoms with E-state index in [1.54, 1.807) is 18.8 Å². The molecule has 0 saturated heterocycles. The molecule has 0 aromatic heterocycles. The van der Waals surface area contributed by atoms with Crippen molar-refractivity contribution in [1.29, 1.82) is 0 Å². The van der Waals surface area contributed by atoms with Crippen molar-refractivity contribution >= 4 is 22.0 Å². The Balaban J connectivity index is 2.73. The van der Waals surface area contributed by atoms with E-state index >= 15 is 0 Å². The van der Waals surface area contributed by atoms with Crippen LogP contribution in [0.4, 0.5) is 0 Å². The second kappa shape index (κ2) is 6.51. The van der Waals surface area contributed by atoms with Gasteiger partial charge in [0, 0.05) is 26.9 Å². The molecular weight excluding hydrogens is 286 g/mol. The lowest BCUT2D eigenvalue weighted by Gasteiger charge is -2.33. The van der Waals surface area contributed by atoms with E-state index in [1.807, 2.05) is 0 Å². The van der Waals surface area contributed by atoms with Gasteiger partial charge in [-0.15, -0.1) is 0 Å². The van der Waals surface area contributed by atoms with Crippen LogP contribution in [0.5, 0.6) is 0 Å². The monoisotopic (exact) mass is 307 g/mol. The first-order valence-electron chi connectivity index (χ1n) is 6.32. The van der Waals surface area contributed by atoms with E-state index in [1.165, 1.54) is 4.90 Å². The van der Waals surface area contributed by atoms with E-state index in [-0.39, 0.29) is 18.2 Å². The average Bonchev–Trinajstić information content (AvgIpc) is 2.28. The minimum absolute atomic E-state index is 0.0966. The van der Waals surface area contributed by atoms with Crippen molar-refractivity contribution in [3.05, 3.63) is 0 Å². The molecule has 0 spiro atoms. The molecule has 0 aromatic rings. The molecule has 20 heavy (non-hydrogen) atoms. The molecule has 8 nitrogen and oxygen atoms in total. The van der Waals surface area contributed by atoms with Gasteiger partial charge in [-0.2, -0.15) is 13.1 Å². The molecule has 1 saturated carbocycles. The maximum Gasteiger partial charge on any atom is 0.301 e. The number of hydrogen-bond donors (Lipinski definition) is 3. The SMILES string of the molecule is CC(=O)NS(=O)(=O)N[C@@H]1C[C@@H](C(=O)N(C)C)CC[C@H]1O. The molecule has 0 radical (unpaired) electrons. The molecule has 2 amide bonds. The van der Waals surface area contributed by atoms with Crippen molar-refractivity contribution in [2.75, 3.05) is 14.1 Å². The summed E-state index contributed by atoms with van der Waals surface area (Å²) < 4.78 is 27.2. The van der Waals surface area contributed by atoms with Crippen molar-refractivity contribution < 1.29 is 23.1 Å². The Hall–Kier alpha value is -1.19. The Morgan fingerprint density at radius 1 is 1.25 bits per heavy atom. The number of nitrogens with one attached hydrogen (secondary N) is 2. The average molecular weight is 307 g/mol. The minimum atomic E-state index is -4.02.